The van der Waals surface area contributed by atoms with Gasteiger partial charge < -0.3 is 10.0 Å². The number of hydrogen-bond donors (Lipinski definition) is 2. The molecular weight excluding hydrogens is 278 g/mol. The van der Waals surface area contributed by atoms with Crippen LogP contribution in [0, 0.1) is 12.3 Å². The van der Waals surface area contributed by atoms with Gasteiger partial charge in [-0.2, -0.15) is 0 Å². The molecular formula is C13H19N3O3S. The van der Waals surface area contributed by atoms with E-state index in [9.17, 15) is 9.59 Å². The SMILES string of the molecule is CCc1nc(NC(=O)N2CCC(C)(C(=O)O)C2)sc1C. The second-order valence-electron chi connectivity index (χ2n) is 5.34. The third-order valence-electron chi connectivity index (χ3n) is 3.72. The maximum atomic E-state index is 12.1. The molecule has 2 heterocycles. The van der Waals surface area contributed by atoms with Crippen LogP contribution in [0.4, 0.5) is 9.93 Å². The number of carbonyl (C=O) groups is 2. The van der Waals surface area contributed by atoms with E-state index in [-0.39, 0.29) is 12.6 Å². The summed E-state index contributed by atoms with van der Waals surface area (Å²) in [6.07, 6.45) is 1.31. The third-order valence-corrected chi connectivity index (χ3v) is 4.65. The molecule has 7 heteroatoms. The van der Waals surface area contributed by atoms with E-state index in [1.165, 1.54) is 16.2 Å². The van der Waals surface area contributed by atoms with Crippen LogP contribution in [-0.4, -0.2) is 40.1 Å². The van der Waals surface area contributed by atoms with Crippen molar-refractivity contribution < 1.29 is 14.7 Å². The first-order valence-electron chi connectivity index (χ1n) is 6.61. The van der Waals surface area contributed by atoms with Crippen molar-refractivity contribution in [1.82, 2.24) is 9.88 Å². The molecule has 2 rings (SSSR count). The van der Waals surface area contributed by atoms with E-state index in [1.54, 1.807) is 6.92 Å². The maximum absolute atomic E-state index is 12.1. The number of amides is 2. The Morgan fingerprint density at radius 1 is 1.55 bits per heavy atom. The van der Waals surface area contributed by atoms with Gasteiger partial charge in [0.1, 0.15) is 0 Å². The van der Waals surface area contributed by atoms with Crippen molar-refractivity contribution in [1.29, 1.82) is 0 Å². The number of nitrogens with one attached hydrogen (secondary N) is 1. The van der Waals surface area contributed by atoms with Crippen molar-refractivity contribution in [3.8, 4) is 0 Å². The summed E-state index contributed by atoms with van der Waals surface area (Å²) in [7, 11) is 0. The van der Waals surface area contributed by atoms with Gasteiger partial charge in [0.25, 0.3) is 0 Å². The number of thiazole rings is 1. The van der Waals surface area contributed by atoms with Gasteiger partial charge in [0.05, 0.1) is 11.1 Å². The van der Waals surface area contributed by atoms with Gasteiger partial charge in [-0.1, -0.05) is 6.92 Å². The highest BCUT2D eigenvalue weighted by Crippen LogP contribution is 2.31. The standard InChI is InChI=1S/C13H19N3O3S/c1-4-9-8(2)20-11(14-9)15-12(19)16-6-5-13(3,7-16)10(17)18/h4-7H2,1-3H3,(H,17,18)(H,14,15,19). The normalized spacial score (nSPS) is 22.1. The van der Waals surface area contributed by atoms with Crippen molar-refractivity contribution >= 4 is 28.5 Å². The zero-order valence-corrected chi connectivity index (χ0v) is 12.7. The number of aryl methyl sites for hydroxylation is 2. The molecule has 2 N–H and O–H groups in total. The predicted molar refractivity (Wildman–Crippen MR) is 77.2 cm³/mol. The van der Waals surface area contributed by atoms with E-state index >= 15 is 0 Å². The van der Waals surface area contributed by atoms with Gasteiger partial charge >= 0.3 is 12.0 Å². The van der Waals surface area contributed by atoms with E-state index in [0.717, 1.165) is 17.0 Å². The topological polar surface area (TPSA) is 82.5 Å². The molecule has 0 saturated carbocycles. The van der Waals surface area contributed by atoms with E-state index in [1.807, 2.05) is 13.8 Å². The molecule has 1 unspecified atom stereocenters. The predicted octanol–water partition coefficient (Wildman–Crippen LogP) is 2.34. The highest BCUT2D eigenvalue weighted by atomic mass is 32.1. The second kappa shape index (κ2) is 5.40. The van der Waals surface area contributed by atoms with Gasteiger partial charge in [-0.15, -0.1) is 11.3 Å². The smallest absolute Gasteiger partial charge is 0.323 e. The van der Waals surface area contributed by atoms with Crippen LogP contribution < -0.4 is 5.32 Å². The van der Waals surface area contributed by atoms with E-state index in [4.69, 9.17) is 5.11 Å². The molecule has 1 fully saturated rings. The zero-order valence-electron chi connectivity index (χ0n) is 11.9. The van der Waals surface area contributed by atoms with Crippen molar-refractivity contribution in [2.24, 2.45) is 5.41 Å². The van der Waals surface area contributed by atoms with Crippen LogP contribution in [-0.2, 0) is 11.2 Å². The molecule has 6 nitrogen and oxygen atoms in total. The van der Waals surface area contributed by atoms with Crippen LogP contribution in [0.15, 0.2) is 0 Å². The lowest BCUT2D eigenvalue weighted by Gasteiger charge is -2.19. The van der Waals surface area contributed by atoms with Crippen molar-refractivity contribution in [2.75, 3.05) is 18.4 Å². The van der Waals surface area contributed by atoms with Crippen LogP contribution >= 0.6 is 11.3 Å². The quantitative estimate of drug-likeness (QED) is 0.897. The number of rotatable bonds is 3. The molecule has 0 aliphatic carbocycles. The number of hydrogen-bond acceptors (Lipinski definition) is 4. The van der Waals surface area contributed by atoms with Gasteiger partial charge in [0.15, 0.2) is 5.13 Å². The lowest BCUT2D eigenvalue weighted by Crippen LogP contribution is -2.37. The third kappa shape index (κ3) is 2.77. The summed E-state index contributed by atoms with van der Waals surface area (Å²) in [5.41, 5.74) is 0.146. The Bertz CT molecular complexity index is 543. The number of aromatic nitrogens is 1. The van der Waals surface area contributed by atoms with Crippen molar-refractivity contribution in [3.05, 3.63) is 10.6 Å². The first-order valence-corrected chi connectivity index (χ1v) is 7.43. The lowest BCUT2D eigenvalue weighted by atomic mass is 9.90. The molecule has 110 valence electrons. The van der Waals surface area contributed by atoms with Crippen LogP contribution in [0.3, 0.4) is 0 Å². The van der Waals surface area contributed by atoms with Crippen molar-refractivity contribution in [2.45, 2.75) is 33.6 Å². The number of likely N-dealkylation sites (tertiary alicyclic amines) is 1. The Balaban J connectivity index is 2.01. The monoisotopic (exact) mass is 297 g/mol. The summed E-state index contributed by atoms with van der Waals surface area (Å²) in [5.74, 6) is -0.855. The second-order valence-corrected chi connectivity index (χ2v) is 6.55. The fraction of sp³-hybridized carbons (Fsp3) is 0.615. The number of carbonyl (C=O) groups excluding carboxylic acids is 1. The Hall–Kier alpha value is -1.63. The Morgan fingerprint density at radius 2 is 2.25 bits per heavy atom. The van der Waals surface area contributed by atoms with Gasteiger partial charge in [-0.05, 0) is 26.7 Å². The van der Waals surface area contributed by atoms with Gasteiger partial charge in [-0.3, -0.25) is 10.1 Å². The fourth-order valence-corrected chi connectivity index (χ4v) is 3.18. The fourth-order valence-electron chi connectivity index (χ4n) is 2.29. The summed E-state index contributed by atoms with van der Waals surface area (Å²) in [6.45, 7) is 6.36. The zero-order chi connectivity index (χ0) is 14.9. The summed E-state index contributed by atoms with van der Waals surface area (Å²) in [5, 5.41) is 12.5. The lowest BCUT2D eigenvalue weighted by molar-refractivity contribution is -0.146. The molecule has 1 aromatic heterocycles. The summed E-state index contributed by atoms with van der Waals surface area (Å²) < 4.78 is 0. The van der Waals surface area contributed by atoms with E-state index < -0.39 is 11.4 Å². The number of anilines is 1. The summed E-state index contributed by atoms with van der Waals surface area (Å²) >= 11 is 1.45. The number of urea groups is 1. The van der Waals surface area contributed by atoms with E-state index in [2.05, 4.69) is 10.3 Å². The highest BCUT2D eigenvalue weighted by Gasteiger charge is 2.42. The molecule has 0 spiro atoms. The first kappa shape index (κ1) is 14.8. The van der Waals surface area contributed by atoms with Crippen molar-refractivity contribution in [3.63, 3.8) is 0 Å². The molecule has 1 aliphatic heterocycles. The first-order chi connectivity index (χ1) is 9.35. The highest BCUT2D eigenvalue weighted by molar-refractivity contribution is 7.15. The Morgan fingerprint density at radius 3 is 2.75 bits per heavy atom. The molecule has 20 heavy (non-hydrogen) atoms. The molecule has 0 radical (unpaired) electrons. The number of aliphatic carboxylic acids is 1. The molecule has 1 aliphatic rings. The molecule has 0 aromatic carbocycles. The minimum atomic E-state index is -0.855. The Labute approximate surface area is 121 Å². The average Bonchev–Trinajstić information content (AvgIpc) is 2.94. The molecule has 1 aromatic rings. The number of nitrogens with zero attached hydrogens (tertiary/aromatic N) is 2. The van der Waals surface area contributed by atoms with Crippen LogP contribution in [0.5, 0.6) is 0 Å². The van der Waals surface area contributed by atoms with Gasteiger partial charge in [-0.25, -0.2) is 9.78 Å². The molecule has 1 atom stereocenters. The summed E-state index contributed by atoms with van der Waals surface area (Å²) in [6, 6.07) is -0.272. The van der Waals surface area contributed by atoms with Crippen LogP contribution in [0.2, 0.25) is 0 Å². The van der Waals surface area contributed by atoms with Gasteiger partial charge in [0, 0.05) is 18.0 Å². The number of carboxylic acid groups (broad SMARTS) is 1. The van der Waals surface area contributed by atoms with Crippen LogP contribution in [0.1, 0.15) is 30.8 Å². The summed E-state index contributed by atoms with van der Waals surface area (Å²) in [4.78, 5) is 30.3. The van der Waals surface area contributed by atoms with E-state index in [0.29, 0.717) is 18.1 Å². The Kier molecular flexibility index (Phi) is 3.99. The molecule has 1 saturated heterocycles. The molecule has 0 bridgehead atoms. The average molecular weight is 297 g/mol. The molecule has 2 amide bonds. The largest absolute Gasteiger partial charge is 0.481 e. The minimum Gasteiger partial charge on any atom is -0.481 e. The minimum absolute atomic E-state index is 0.235. The number of carboxylic acids is 1. The maximum Gasteiger partial charge on any atom is 0.323 e. The van der Waals surface area contributed by atoms with Crippen LogP contribution in [0.25, 0.3) is 0 Å². The van der Waals surface area contributed by atoms with Gasteiger partial charge in [0.2, 0.25) is 0 Å².